The standard InChI is InChI=1S/C19H16F6N2O3/c1-30-15-5-3-2-4-14(15)17(29)26-7-6-16(28)27-13-9-11(18(20,21)22)8-12(10-13)19(23,24)25/h2-5,8-10H,6-7H2,1H3,(H,26,29)(H,27,28). The molecule has 0 spiro atoms. The van der Waals surface area contributed by atoms with Gasteiger partial charge >= 0.3 is 12.4 Å². The van der Waals surface area contributed by atoms with Gasteiger partial charge in [0.15, 0.2) is 0 Å². The van der Waals surface area contributed by atoms with Gasteiger partial charge < -0.3 is 15.4 Å². The molecule has 0 aliphatic carbocycles. The van der Waals surface area contributed by atoms with Crippen LogP contribution < -0.4 is 15.4 Å². The van der Waals surface area contributed by atoms with Crippen LogP contribution in [0.5, 0.6) is 5.75 Å². The van der Waals surface area contributed by atoms with E-state index in [4.69, 9.17) is 4.74 Å². The molecule has 5 nitrogen and oxygen atoms in total. The van der Waals surface area contributed by atoms with Crippen LogP contribution in [-0.2, 0) is 17.1 Å². The predicted molar refractivity (Wildman–Crippen MR) is 95.0 cm³/mol. The molecule has 0 atom stereocenters. The highest BCUT2D eigenvalue weighted by atomic mass is 19.4. The lowest BCUT2D eigenvalue weighted by molar-refractivity contribution is -0.143. The van der Waals surface area contributed by atoms with Crippen molar-refractivity contribution in [3.63, 3.8) is 0 Å². The second kappa shape index (κ2) is 9.06. The van der Waals surface area contributed by atoms with Gasteiger partial charge in [-0.05, 0) is 30.3 Å². The Morgan fingerprint density at radius 2 is 1.50 bits per heavy atom. The number of anilines is 1. The van der Waals surface area contributed by atoms with Crippen LogP contribution in [0.4, 0.5) is 32.0 Å². The van der Waals surface area contributed by atoms with E-state index >= 15 is 0 Å². The molecule has 2 amide bonds. The van der Waals surface area contributed by atoms with Crippen molar-refractivity contribution in [2.75, 3.05) is 19.0 Å². The zero-order valence-corrected chi connectivity index (χ0v) is 15.4. The maximum atomic E-state index is 12.9. The molecule has 0 heterocycles. The lowest BCUT2D eigenvalue weighted by Gasteiger charge is -2.15. The van der Waals surface area contributed by atoms with E-state index in [2.05, 4.69) is 5.32 Å². The van der Waals surface area contributed by atoms with Crippen LogP contribution in [0.2, 0.25) is 0 Å². The molecule has 0 saturated carbocycles. The Kier molecular flexibility index (Phi) is 6.96. The third-order valence-electron chi connectivity index (χ3n) is 3.86. The van der Waals surface area contributed by atoms with Crippen LogP contribution in [0.3, 0.4) is 0 Å². The van der Waals surface area contributed by atoms with Crippen molar-refractivity contribution >= 4 is 17.5 Å². The number of hydrogen-bond donors (Lipinski definition) is 2. The van der Waals surface area contributed by atoms with Crippen LogP contribution in [0, 0.1) is 0 Å². The van der Waals surface area contributed by atoms with E-state index in [1.165, 1.54) is 13.2 Å². The number of carbonyl (C=O) groups is 2. The highest BCUT2D eigenvalue weighted by Crippen LogP contribution is 2.37. The van der Waals surface area contributed by atoms with Gasteiger partial charge in [-0.1, -0.05) is 12.1 Å². The van der Waals surface area contributed by atoms with E-state index in [1.807, 2.05) is 5.32 Å². The molecule has 0 bridgehead atoms. The number of ether oxygens (including phenoxy) is 1. The Balaban J connectivity index is 2.03. The molecule has 0 aliphatic rings. The second-order valence-corrected chi connectivity index (χ2v) is 6.05. The normalized spacial score (nSPS) is 11.7. The summed E-state index contributed by atoms with van der Waals surface area (Å²) in [4.78, 5) is 24.0. The Hall–Kier alpha value is -3.24. The number of hydrogen-bond acceptors (Lipinski definition) is 3. The van der Waals surface area contributed by atoms with Crippen molar-refractivity contribution in [1.29, 1.82) is 0 Å². The number of halogens is 6. The second-order valence-electron chi connectivity index (χ2n) is 6.05. The first kappa shape index (κ1) is 23.0. The molecule has 0 aromatic heterocycles. The molecule has 2 aromatic carbocycles. The quantitative estimate of drug-likeness (QED) is 0.659. The van der Waals surface area contributed by atoms with Gasteiger partial charge in [0.2, 0.25) is 5.91 Å². The van der Waals surface area contributed by atoms with Crippen molar-refractivity contribution < 1.29 is 40.7 Å². The number of rotatable bonds is 6. The number of methoxy groups -OCH3 is 1. The van der Waals surface area contributed by atoms with Crippen LogP contribution in [0.25, 0.3) is 0 Å². The predicted octanol–water partition coefficient (Wildman–Crippen LogP) is 4.49. The molecule has 11 heteroatoms. The summed E-state index contributed by atoms with van der Waals surface area (Å²) in [5, 5.41) is 4.41. The van der Waals surface area contributed by atoms with Crippen LogP contribution in [0.1, 0.15) is 27.9 Å². The first-order chi connectivity index (χ1) is 13.9. The molecule has 2 aromatic rings. The molecular weight excluding hydrogens is 418 g/mol. The lowest BCUT2D eigenvalue weighted by atomic mass is 10.1. The maximum Gasteiger partial charge on any atom is 0.416 e. The van der Waals surface area contributed by atoms with Gasteiger partial charge in [0.25, 0.3) is 5.91 Å². The van der Waals surface area contributed by atoms with E-state index in [0.717, 1.165) is 0 Å². The highest BCUT2D eigenvalue weighted by Gasteiger charge is 2.37. The summed E-state index contributed by atoms with van der Waals surface area (Å²) >= 11 is 0. The molecule has 30 heavy (non-hydrogen) atoms. The lowest BCUT2D eigenvalue weighted by Crippen LogP contribution is -2.28. The average Bonchev–Trinajstić information content (AvgIpc) is 2.66. The van der Waals surface area contributed by atoms with E-state index < -0.39 is 41.0 Å². The number of nitrogens with one attached hydrogen (secondary N) is 2. The zero-order valence-electron chi connectivity index (χ0n) is 15.4. The molecule has 162 valence electrons. The number of alkyl halides is 6. The topological polar surface area (TPSA) is 67.4 Å². The summed E-state index contributed by atoms with van der Waals surface area (Å²) in [6, 6.07) is 7.04. The monoisotopic (exact) mass is 434 g/mol. The number of carbonyl (C=O) groups excluding carboxylic acids is 2. The smallest absolute Gasteiger partial charge is 0.416 e. The van der Waals surface area contributed by atoms with E-state index in [1.54, 1.807) is 18.2 Å². The summed E-state index contributed by atoms with van der Waals surface area (Å²) < 4.78 is 82.1. The summed E-state index contributed by atoms with van der Waals surface area (Å²) in [6.45, 7) is -0.201. The number of amides is 2. The zero-order chi connectivity index (χ0) is 22.5. The fourth-order valence-electron chi connectivity index (χ4n) is 2.47. The SMILES string of the molecule is COc1ccccc1C(=O)NCCC(=O)Nc1cc(C(F)(F)F)cc(C(F)(F)F)c1. The molecular formula is C19H16F6N2O3. The number of para-hydroxylation sites is 1. The minimum Gasteiger partial charge on any atom is -0.496 e. The van der Waals surface area contributed by atoms with Crippen LogP contribution in [-0.4, -0.2) is 25.5 Å². The fourth-order valence-corrected chi connectivity index (χ4v) is 2.47. The summed E-state index contributed by atoms with van der Waals surface area (Å²) in [5.41, 5.74) is -3.54. The van der Waals surface area contributed by atoms with Crippen molar-refractivity contribution in [2.45, 2.75) is 18.8 Å². The molecule has 2 N–H and O–H groups in total. The van der Waals surface area contributed by atoms with Crippen LogP contribution >= 0.6 is 0 Å². The molecule has 0 fully saturated rings. The average molecular weight is 434 g/mol. The third-order valence-corrected chi connectivity index (χ3v) is 3.86. The Labute approximate surface area is 167 Å². The van der Waals surface area contributed by atoms with Crippen molar-refractivity contribution in [3.05, 3.63) is 59.2 Å². The highest BCUT2D eigenvalue weighted by molar-refractivity contribution is 5.97. The number of benzene rings is 2. The van der Waals surface area contributed by atoms with Gasteiger partial charge in [0, 0.05) is 18.7 Å². The molecule has 0 saturated heterocycles. The molecule has 0 unspecified atom stereocenters. The first-order valence-electron chi connectivity index (χ1n) is 8.42. The third kappa shape index (κ3) is 6.13. The minimum atomic E-state index is -5.02. The van der Waals surface area contributed by atoms with Gasteiger partial charge in [-0.2, -0.15) is 26.3 Å². The molecule has 0 radical (unpaired) electrons. The Morgan fingerprint density at radius 1 is 0.933 bits per heavy atom. The first-order valence-corrected chi connectivity index (χ1v) is 8.42. The molecule has 0 aliphatic heterocycles. The maximum absolute atomic E-state index is 12.9. The summed E-state index contributed by atoms with van der Waals surface area (Å²) in [7, 11) is 1.36. The summed E-state index contributed by atoms with van der Waals surface area (Å²) in [5.74, 6) is -1.13. The van der Waals surface area contributed by atoms with Gasteiger partial charge in [-0.3, -0.25) is 9.59 Å². The Bertz CT molecular complexity index is 893. The van der Waals surface area contributed by atoms with Crippen molar-refractivity contribution in [3.8, 4) is 5.75 Å². The van der Waals surface area contributed by atoms with Crippen molar-refractivity contribution in [1.82, 2.24) is 5.32 Å². The van der Waals surface area contributed by atoms with Crippen molar-refractivity contribution in [2.24, 2.45) is 0 Å². The fraction of sp³-hybridized carbons (Fsp3) is 0.263. The van der Waals surface area contributed by atoms with Gasteiger partial charge in [-0.25, -0.2) is 0 Å². The Morgan fingerprint density at radius 3 is 2.03 bits per heavy atom. The molecule has 2 rings (SSSR count). The summed E-state index contributed by atoms with van der Waals surface area (Å²) in [6.07, 6.45) is -10.4. The van der Waals surface area contributed by atoms with Gasteiger partial charge in [0.05, 0.1) is 23.8 Å². The largest absolute Gasteiger partial charge is 0.496 e. The van der Waals surface area contributed by atoms with E-state index in [0.29, 0.717) is 17.9 Å². The van der Waals surface area contributed by atoms with E-state index in [9.17, 15) is 35.9 Å². The van der Waals surface area contributed by atoms with Gasteiger partial charge in [-0.15, -0.1) is 0 Å². The van der Waals surface area contributed by atoms with Crippen LogP contribution in [0.15, 0.2) is 42.5 Å². The minimum absolute atomic E-state index is 0.0386. The van der Waals surface area contributed by atoms with Gasteiger partial charge in [0.1, 0.15) is 5.75 Å². The van der Waals surface area contributed by atoms with E-state index in [-0.39, 0.29) is 24.6 Å².